The van der Waals surface area contributed by atoms with Gasteiger partial charge in [-0.25, -0.2) is 4.39 Å². The van der Waals surface area contributed by atoms with Crippen LogP contribution >= 0.6 is 0 Å². The van der Waals surface area contributed by atoms with Crippen molar-refractivity contribution in [1.29, 1.82) is 0 Å². The highest BCUT2D eigenvalue weighted by Crippen LogP contribution is 2.18. The lowest BCUT2D eigenvalue weighted by Crippen LogP contribution is -2.20. The minimum atomic E-state index is -0.197. The van der Waals surface area contributed by atoms with E-state index in [1.165, 1.54) is 5.56 Å². The van der Waals surface area contributed by atoms with Crippen LogP contribution in [0.4, 0.5) is 10.1 Å². The number of halogens is 1. The van der Waals surface area contributed by atoms with E-state index in [9.17, 15) is 4.39 Å². The van der Waals surface area contributed by atoms with Crippen molar-refractivity contribution < 1.29 is 4.39 Å². The minimum absolute atomic E-state index is 0.197. The van der Waals surface area contributed by atoms with E-state index in [2.05, 4.69) is 17.0 Å². The lowest BCUT2D eigenvalue weighted by atomic mass is 10.1. The molecule has 0 amide bonds. The summed E-state index contributed by atoms with van der Waals surface area (Å²) in [4.78, 5) is 2.08. The van der Waals surface area contributed by atoms with Crippen LogP contribution in [0.1, 0.15) is 11.1 Å². The van der Waals surface area contributed by atoms with Crippen molar-refractivity contribution in [2.45, 2.75) is 12.8 Å². The van der Waals surface area contributed by atoms with Gasteiger partial charge in [0.05, 0.1) is 0 Å². The van der Waals surface area contributed by atoms with Crippen molar-refractivity contribution in [3.8, 4) is 0 Å². The van der Waals surface area contributed by atoms with Crippen molar-refractivity contribution in [2.24, 2.45) is 5.73 Å². The van der Waals surface area contributed by atoms with Gasteiger partial charge < -0.3 is 10.6 Å². The maximum Gasteiger partial charge on any atom is 0.125 e. The van der Waals surface area contributed by atoms with Crippen molar-refractivity contribution >= 4 is 5.69 Å². The molecule has 0 fully saturated rings. The van der Waals surface area contributed by atoms with Gasteiger partial charge in [0.25, 0.3) is 0 Å². The fourth-order valence-electron chi connectivity index (χ4n) is 2.24. The molecular weight excluding hydrogens is 251 g/mol. The fraction of sp³-hybridized carbons (Fsp3) is 0.294. The fourth-order valence-corrected chi connectivity index (χ4v) is 2.24. The van der Waals surface area contributed by atoms with Crippen LogP contribution in [0.15, 0.2) is 48.5 Å². The van der Waals surface area contributed by atoms with Gasteiger partial charge in [-0.3, -0.25) is 0 Å². The molecule has 20 heavy (non-hydrogen) atoms. The predicted molar refractivity (Wildman–Crippen MR) is 82.6 cm³/mol. The number of likely N-dealkylation sites (N-methyl/N-ethyl adjacent to an activating group) is 1. The molecule has 0 atom stereocenters. The zero-order valence-electron chi connectivity index (χ0n) is 11.8. The molecule has 0 radical (unpaired) electrons. The number of benzene rings is 2. The highest BCUT2D eigenvalue weighted by Gasteiger charge is 2.05. The number of nitrogens with zero attached hydrogens (tertiary/aromatic N) is 1. The molecule has 2 aromatic carbocycles. The van der Waals surface area contributed by atoms with Gasteiger partial charge in [-0.1, -0.05) is 30.3 Å². The van der Waals surface area contributed by atoms with Gasteiger partial charge in [0, 0.05) is 19.3 Å². The molecule has 0 saturated heterocycles. The van der Waals surface area contributed by atoms with Crippen LogP contribution in [-0.2, 0) is 12.8 Å². The molecule has 0 aromatic heterocycles. The van der Waals surface area contributed by atoms with Crippen LogP contribution in [-0.4, -0.2) is 20.1 Å². The summed E-state index contributed by atoms with van der Waals surface area (Å²) in [7, 11) is 1.99. The van der Waals surface area contributed by atoms with E-state index < -0.39 is 0 Å². The second-order valence-corrected chi connectivity index (χ2v) is 5.01. The number of hydrogen-bond donors (Lipinski definition) is 1. The molecule has 0 bridgehead atoms. The molecule has 106 valence electrons. The molecule has 0 heterocycles. The van der Waals surface area contributed by atoms with E-state index in [1.54, 1.807) is 12.1 Å². The first-order valence-electron chi connectivity index (χ1n) is 6.93. The normalized spacial score (nSPS) is 10.6. The van der Waals surface area contributed by atoms with Crippen molar-refractivity contribution in [3.05, 3.63) is 65.5 Å². The van der Waals surface area contributed by atoms with Crippen molar-refractivity contribution in [3.63, 3.8) is 0 Å². The molecule has 0 aliphatic carbocycles. The second-order valence-electron chi connectivity index (χ2n) is 5.01. The predicted octanol–water partition coefficient (Wildman–Crippen LogP) is 3.01. The van der Waals surface area contributed by atoms with E-state index in [4.69, 9.17) is 5.73 Å². The molecule has 0 unspecified atom stereocenters. The molecule has 0 aliphatic rings. The van der Waals surface area contributed by atoms with Gasteiger partial charge in [0.1, 0.15) is 5.82 Å². The average molecular weight is 272 g/mol. The Labute approximate surface area is 120 Å². The largest absolute Gasteiger partial charge is 0.374 e. The van der Waals surface area contributed by atoms with E-state index in [1.807, 2.05) is 31.3 Å². The Hall–Kier alpha value is -1.87. The third-order valence-electron chi connectivity index (χ3n) is 3.39. The summed E-state index contributed by atoms with van der Waals surface area (Å²) in [5.41, 5.74) is 8.68. The van der Waals surface area contributed by atoms with E-state index in [0.29, 0.717) is 13.0 Å². The Morgan fingerprint density at radius 3 is 2.45 bits per heavy atom. The van der Waals surface area contributed by atoms with Gasteiger partial charge in [-0.05, 0) is 48.7 Å². The Bertz CT molecular complexity index is 540. The average Bonchev–Trinajstić information content (AvgIpc) is 2.45. The van der Waals surface area contributed by atoms with Gasteiger partial charge in [-0.2, -0.15) is 0 Å². The lowest BCUT2D eigenvalue weighted by Gasteiger charge is -2.20. The molecule has 2 rings (SSSR count). The highest BCUT2D eigenvalue weighted by molar-refractivity contribution is 5.48. The molecule has 2 aromatic rings. The highest BCUT2D eigenvalue weighted by atomic mass is 19.1. The van der Waals surface area contributed by atoms with E-state index in [0.717, 1.165) is 24.2 Å². The summed E-state index contributed by atoms with van der Waals surface area (Å²) in [6, 6.07) is 15.5. The maximum absolute atomic E-state index is 13.6. The number of anilines is 1. The van der Waals surface area contributed by atoms with Gasteiger partial charge in [0.2, 0.25) is 0 Å². The van der Waals surface area contributed by atoms with Crippen molar-refractivity contribution in [2.75, 3.05) is 25.0 Å². The third-order valence-corrected chi connectivity index (χ3v) is 3.39. The summed E-state index contributed by atoms with van der Waals surface area (Å²) in [6.07, 6.45) is 1.65. The quantitative estimate of drug-likeness (QED) is 0.876. The van der Waals surface area contributed by atoms with E-state index in [-0.39, 0.29) is 5.82 Å². The maximum atomic E-state index is 13.6. The topological polar surface area (TPSA) is 29.3 Å². The molecule has 2 N–H and O–H groups in total. The summed E-state index contributed by atoms with van der Waals surface area (Å²) < 4.78 is 13.6. The number of hydrogen-bond acceptors (Lipinski definition) is 2. The van der Waals surface area contributed by atoms with Crippen LogP contribution in [0.3, 0.4) is 0 Å². The Morgan fingerprint density at radius 1 is 1.00 bits per heavy atom. The number of rotatable bonds is 6. The lowest BCUT2D eigenvalue weighted by molar-refractivity contribution is 0.624. The van der Waals surface area contributed by atoms with Gasteiger partial charge >= 0.3 is 0 Å². The Morgan fingerprint density at radius 2 is 1.75 bits per heavy atom. The van der Waals surface area contributed by atoms with Crippen LogP contribution in [0.2, 0.25) is 0 Å². The molecule has 0 spiro atoms. The first-order valence-corrected chi connectivity index (χ1v) is 6.93. The molecular formula is C17H21FN2. The molecule has 3 heteroatoms. The second kappa shape index (κ2) is 7.06. The monoisotopic (exact) mass is 272 g/mol. The number of nitrogens with two attached hydrogens (primary N) is 1. The van der Waals surface area contributed by atoms with Crippen LogP contribution in [0, 0.1) is 5.82 Å². The van der Waals surface area contributed by atoms with Crippen LogP contribution in [0.25, 0.3) is 0 Å². The van der Waals surface area contributed by atoms with Crippen molar-refractivity contribution in [1.82, 2.24) is 0 Å². The van der Waals surface area contributed by atoms with Gasteiger partial charge in [-0.15, -0.1) is 0 Å². The third kappa shape index (κ3) is 4.07. The summed E-state index contributed by atoms with van der Waals surface area (Å²) in [5, 5.41) is 0. The Kier molecular flexibility index (Phi) is 5.13. The molecule has 0 saturated carbocycles. The molecule has 0 aliphatic heterocycles. The zero-order valence-corrected chi connectivity index (χ0v) is 11.8. The first kappa shape index (κ1) is 14.5. The minimum Gasteiger partial charge on any atom is -0.374 e. The van der Waals surface area contributed by atoms with Crippen LogP contribution in [0.5, 0.6) is 0 Å². The Balaban J connectivity index is 2.03. The molecule has 2 nitrogen and oxygen atoms in total. The summed E-state index contributed by atoms with van der Waals surface area (Å²) in [6.45, 7) is 1.39. The standard InChI is InChI=1S/C17H21FN2/c1-20(10-8-14-5-3-2-4-6-14)17-12-15(7-9-19)11-16(18)13-17/h2-6,11-13H,7-10,19H2,1H3. The zero-order chi connectivity index (χ0) is 14.4. The first-order chi connectivity index (χ1) is 9.69. The van der Waals surface area contributed by atoms with E-state index >= 15 is 0 Å². The summed E-state index contributed by atoms with van der Waals surface area (Å²) in [5.74, 6) is -0.197. The summed E-state index contributed by atoms with van der Waals surface area (Å²) >= 11 is 0. The van der Waals surface area contributed by atoms with Crippen LogP contribution < -0.4 is 10.6 Å². The smallest absolute Gasteiger partial charge is 0.125 e. The SMILES string of the molecule is CN(CCc1ccccc1)c1cc(F)cc(CCN)c1. The van der Waals surface area contributed by atoms with Gasteiger partial charge in [0.15, 0.2) is 0 Å².